The topological polar surface area (TPSA) is 94.0 Å². The van der Waals surface area contributed by atoms with Crippen molar-refractivity contribution in [3.63, 3.8) is 0 Å². The molecule has 2 heterocycles. The zero-order valence-electron chi connectivity index (χ0n) is 17.1. The average molecular weight is 450 g/mol. The lowest BCUT2D eigenvalue weighted by Crippen LogP contribution is -2.24. The number of sulfone groups is 1. The molecule has 0 bridgehead atoms. The van der Waals surface area contributed by atoms with E-state index in [0.717, 1.165) is 22.9 Å². The van der Waals surface area contributed by atoms with Crippen LogP contribution in [0.15, 0.2) is 84.0 Å². The molecule has 0 aliphatic carbocycles. The number of nitrogens with zero attached hydrogens (tertiary/aromatic N) is 3. The molecule has 162 valence electrons. The molecular formula is C23H19FN4O3S. The molecule has 32 heavy (non-hydrogen) atoms. The third kappa shape index (κ3) is 4.89. The maximum absolute atomic E-state index is 13.1. The van der Waals surface area contributed by atoms with E-state index >= 15 is 0 Å². The van der Waals surface area contributed by atoms with Crippen LogP contribution in [0.25, 0.3) is 16.9 Å². The van der Waals surface area contributed by atoms with Gasteiger partial charge in [0, 0.05) is 24.6 Å². The summed E-state index contributed by atoms with van der Waals surface area (Å²) in [4.78, 5) is 17.1. The number of rotatable bonds is 6. The number of hydrogen-bond donors (Lipinski definition) is 1. The molecule has 7 nitrogen and oxygen atoms in total. The van der Waals surface area contributed by atoms with E-state index in [1.54, 1.807) is 59.5 Å². The molecule has 1 amide bonds. The number of amides is 1. The molecule has 0 radical (unpaired) electrons. The first-order chi connectivity index (χ1) is 15.3. The molecule has 4 aromatic rings. The van der Waals surface area contributed by atoms with Crippen molar-refractivity contribution in [1.82, 2.24) is 20.1 Å². The first-order valence-electron chi connectivity index (χ1n) is 9.65. The van der Waals surface area contributed by atoms with E-state index < -0.39 is 9.84 Å². The summed E-state index contributed by atoms with van der Waals surface area (Å²) in [6.45, 7) is 0.227. The summed E-state index contributed by atoms with van der Waals surface area (Å²) in [6.07, 6.45) is 4.53. The largest absolute Gasteiger partial charge is 0.347 e. The Labute approximate surface area is 184 Å². The first-order valence-corrected chi connectivity index (χ1v) is 11.5. The molecule has 0 spiro atoms. The zero-order valence-corrected chi connectivity index (χ0v) is 17.9. The van der Waals surface area contributed by atoms with Gasteiger partial charge in [0.1, 0.15) is 11.5 Å². The summed E-state index contributed by atoms with van der Waals surface area (Å²) in [6, 6.07) is 17.4. The highest BCUT2D eigenvalue weighted by Gasteiger charge is 2.11. The minimum Gasteiger partial charge on any atom is -0.347 e. The molecule has 2 aromatic carbocycles. The second-order valence-corrected chi connectivity index (χ2v) is 9.18. The average Bonchev–Trinajstić information content (AvgIpc) is 3.28. The minimum atomic E-state index is -3.27. The zero-order chi connectivity index (χ0) is 22.7. The van der Waals surface area contributed by atoms with Crippen LogP contribution in [-0.4, -0.2) is 35.3 Å². The van der Waals surface area contributed by atoms with Crippen molar-refractivity contribution in [2.75, 3.05) is 6.26 Å². The van der Waals surface area contributed by atoms with Gasteiger partial charge in [-0.3, -0.25) is 4.79 Å². The van der Waals surface area contributed by atoms with Crippen molar-refractivity contribution in [2.45, 2.75) is 11.4 Å². The molecule has 0 fully saturated rings. The standard InChI is InChI=1S/C23H19FN4O3S/c1-32(30,31)20-11-5-16(6-12-20)13-25-23(29)21-3-2-4-22(27-21)28-15-18(14-26-28)17-7-9-19(24)10-8-17/h2-12,14-15H,13H2,1H3,(H,25,29). The van der Waals surface area contributed by atoms with Gasteiger partial charge in [-0.25, -0.2) is 22.5 Å². The number of pyridine rings is 1. The predicted octanol–water partition coefficient (Wildman–Crippen LogP) is 3.41. The van der Waals surface area contributed by atoms with Gasteiger partial charge < -0.3 is 5.32 Å². The van der Waals surface area contributed by atoms with E-state index in [1.165, 1.54) is 24.3 Å². The highest BCUT2D eigenvalue weighted by molar-refractivity contribution is 7.90. The highest BCUT2D eigenvalue weighted by atomic mass is 32.2. The first kappa shape index (κ1) is 21.4. The monoisotopic (exact) mass is 450 g/mol. The number of carbonyl (C=O) groups is 1. The Hall–Kier alpha value is -3.85. The minimum absolute atomic E-state index is 0.217. The van der Waals surface area contributed by atoms with Gasteiger partial charge in [0.25, 0.3) is 5.91 Å². The van der Waals surface area contributed by atoms with Crippen molar-refractivity contribution in [3.05, 3.63) is 96.2 Å². The third-order valence-electron chi connectivity index (χ3n) is 4.77. The van der Waals surface area contributed by atoms with Crippen molar-refractivity contribution in [2.24, 2.45) is 0 Å². The van der Waals surface area contributed by atoms with Crippen LogP contribution in [0.4, 0.5) is 4.39 Å². The van der Waals surface area contributed by atoms with Gasteiger partial charge in [-0.15, -0.1) is 0 Å². The molecule has 0 aliphatic rings. The van der Waals surface area contributed by atoms with Gasteiger partial charge in [-0.2, -0.15) is 5.10 Å². The molecule has 9 heteroatoms. The van der Waals surface area contributed by atoms with Gasteiger partial charge in [-0.05, 0) is 47.5 Å². The Morgan fingerprint density at radius 3 is 2.41 bits per heavy atom. The number of carbonyl (C=O) groups excluding carboxylic acids is 1. The second-order valence-electron chi connectivity index (χ2n) is 7.16. The summed E-state index contributed by atoms with van der Waals surface area (Å²) < 4.78 is 37.8. The molecular weight excluding hydrogens is 431 g/mol. The second kappa shape index (κ2) is 8.72. The lowest BCUT2D eigenvalue weighted by Gasteiger charge is -2.07. The summed E-state index contributed by atoms with van der Waals surface area (Å²) in [7, 11) is -3.27. The predicted molar refractivity (Wildman–Crippen MR) is 117 cm³/mol. The number of nitrogens with one attached hydrogen (secondary N) is 1. The van der Waals surface area contributed by atoms with E-state index in [9.17, 15) is 17.6 Å². The van der Waals surface area contributed by atoms with Crippen LogP contribution >= 0.6 is 0 Å². The third-order valence-corrected chi connectivity index (χ3v) is 5.89. The summed E-state index contributed by atoms with van der Waals surface area (Å²) in [5.74, 6) is -0.221. The summed E-state index contributed by atoms with van der Waals surface area (Å²) in [5.41, 5.74) is 2.58. The van der Waals surface area contributed by atoms with Crippen LogP contribution in [0.2, 0.25) is 0 Å². The molecule has 1 N–H and O–H groups in total. The Bertz CT molecular complexity index is 1370. The van der Waals surface area contributed by atoms with Crippen LogP contribution in [0, 0.1) is 5.82 Å². The van der Waals surface area contributed by atoms with Crippen LogP contribution in [0.3, 0.4) is 0 Å². The Balaban J connectivity index is 1.46. The normalized spacial score (nSPS) is 11.3. The van der Waals surface area contributed by atoms with Crippen LogP contribution in [0.5, 0.6) is 0 Å². The van der Waals surface area contributed by atoms with E-state index in [2.05, 4.69) is 15.4 Å². The molecule has 2 aromatic heterocycles. The smallest absolute Gasteiger partial charge is 0.270 e. The van der Waals surface area contributed by atoms with Gasteiger partial charge >= 0.3 is 0 Å². The fourth-order valence-corrected chi connectivity index (χ4v) is 3.67. The maximum Gasteiger partial charge on any atom is 0.270 e. The van der Waals surface area contributed by atoms with E-state index in [0.29, 0.717) is 5.82 Å². The Morgan fingerprint density at radius 2 is 1.72 bits per heavy atom. The fourth-order valence-electron chi connectivity index (χ4n) is 3.04. The maximum atomic E-state index is 13.1. The molecule has 0 saturated carbocycles. The lowest BCUT2D eigenvalue weighted by atomic mass is 10.1. The van der Waals surface area contributed by atoms with Gasteiger partial charge in [0.2, 0.25) is 0 Å². The van der Waals surface area contributed by atoms with E-state index in [4.69, 9.17) is 0 Å². The quantitative estimate of drug-likeness (QED) is 0.486. The number of benzene rings is 2. The number of hydrogen-bond acceptors (Lipinski definition) is 5. The summed E-state index contributed by atoms with van der Waals surface area (Å²) in [5, 5.41) is 7.06. The number of aromatic nitrogens is 3. The van der Waals surface area contributed by atoms with Crippen LogP contribution in [-0.2, 0) is 16.4 Å². The number of halogens is 1. The van der Waals surface area contributed by atoms with E-state index in [-0.39, 0.29) is 28.9 Å². The van der Waals surface area contributed by atoms with Crippen molar-refractivity contribution in [1.29, 1.82) is 0 Å². The molecule has 0 atom stereocenters. The molecule has 0 aliphatic heterocycles. The highest BCUT2D eigenvalue weighted by Crippen LogP contribution is 2.20. The molecule has 4 rings (SSSR count). The van der Waals surface area contributed by atoms with Crippen LogP contribution in [0.1, 0.15) is 16.1 Å². The molecule has 0 unspecified atom stereocenters. The Morgan fingerprint density at radius 1 is 1.00 bits per heavy atom. The fraction of sp³-hybridized carbons (Fsp3) is 0.0870. The van der Waals surface area contributed by atoms with Gasteiger partial charge in [0.15, 0.2) is 15.7 Å². The lowest BCUT2D eigenvalue weighted by molar-refractivity contribution is 0.0946. The summed E-state index contributed by atoms with van der Waals surface area (Å²) >= 11 is 0. The Kier molecular flexibility index (Phi) is 5.83. The molecule has 0 saturated heterocycles. The van der Waals surface area contributed by atoms with E-state index in [1.807, 2.05) is 0 Å². The SMILES string of the molecule is CS(=O)(=O)c1ccc(CNC(=O)c2cccc(-n3cc(-c4ccc(F)cc4)cn3)n2)cc1. The van der Waals surface area contributed by atoms with Gasteiger partial charge in [-0.1, -0.05) is 30.3 Å². The van der Waals surface area contributed by atoms with Crippen molar-refractivity contribution in [3.8, 4) is 16.9 Å². The van der Waals surface area contributed by atoms with Gasteiger partial charge in [0.05, 0.1) is 11.1 Å². The van der Waals surface area contributed by atoms with Crippen molar-refractivity contribution < 1.29 is 17.6 Å². The van der Waals surface area contributed by atoms with Crippen LogP contribution < -0.4 is 5.32 Å². The van der Waals surface area contributed by atoms with Crippen molar-refractivity contribution >= 4 is 15.7 Å².